The standard InChI is InChI=1S/C38H25N3O/c1-3-9-26(10-4-1)27-19-22-32(23-20-27)41-35-14-8-7-13-33(35)34-25-31(21-24-36(34)41)28-15-17-30(18-16-28)38-40-39-37(42-38)29-11-5-2-6-12-29/h1-25H. The first-order valence-corrected chi connectivity index (χ1v) is 14.0. The van der Waals surface area contributed by atoms with Crippen molar-refractivity contribution in [2.75, 3.05) is 0 Å². The molecule has 4 nitrogen and oxygen atoms in total. The topological polar surface area (TPSA) is 43.9 Å². The van der Waals surface area contributed by atoms with Crippen molar-refractivity contribution in [1.82, 2.24) is 14.8 Å². The third kappa shape index (κ3) is 4.18. The molecule has 0 aliphatic carbocycles. The van der Waals surface area contributed by atoms with Gasteiger partial charge in [-0.3, -0.25) is 0 Å². The zero-order valence-electron chi connectivity index (χ0n) is 22.7. The maximum atomic E-state index is 5.96. The Morgan fingerprint density at radius 2 is 0.857 bits per heavy atom. The van der Waals surface area contributed by atoms with Crippen molar-refractivity contribution in [2.45, 2.75) is 0 Å². The van der Waals surface area contributed by atoms with Gasteiger partial charge in [-0.15, -0.1) is 10.2 Å². The normalized spacial score (nSPS) is 11.3. The summed E-state index contributed by atoms with van der Waals surface area (Å²) < 4.78 is 8.31. The van der Waals surface area contributed by atoms with Crippen LogP contribution in [0.4, 0.5) is 0 Å². The zero-order valence-corrected chi connectivity index (χ0v) is 22.7. The molecule has 0 unspecified atom stereocenters. The summed E-state index contributed by atoms with van der Waals surface area (Å²) in [5.41, 5.74) is 10.0. The van der Waals surface area contributed by atoms with Gasteiger partial charge >= 0.3 is 0 Å². The van der Waals surface area contributed by atoms with E-state index in [2.05, 4.69) is 118 Å². The highest BCUT2D eigenvalue weighted by molar-refractivity contribution is 6.10. The Balaban J connectivity index is 1.15. The van der Waals surface area contributed by atoms with Crippen LogP contribution in [0.15, 0.2) is 156 Å². The van der Waals surface area contributed by atoms with Gasteiger partial charge in [-0.05, 0) is 76.9 Å². The van der Waals surface area contributed by atoms with Gasteiger partial charge in [0.2, 0.25) is 11.8 Å². The van der Waals surface area contributed by atoms with Crippen molar-refractivity contribution in [2.24, 2.45) is 0 Å². The first-order valence-electron chi connectivity index (χ1n) is 14.0. The Labute approximate surface area is 243 Å². The molecular weight excluding hydrogens is 514 g/mol. The summed E-state index contributed by atoms with van der Waals surface area (Å²) in [6.07, 6.45) is 0. The lowest BCUT2D eigenvalue weighted by atomic mass is 10.0. The van der Waals surface area contributed by atoms with Gasteiger partial charge in [0, 0.05) is 27.6 Å². The van der Waals surface area contributed by atoms with Crippen LogP contribution in [0.2, 0.25) is 0 Å². The van der Waals surface area contributed by atoms with E-state index in [0.717, 1.165) is 27.9 Å². The molecule has 4 heteroatoms. The van der Waals surface area contributed by atoms with E-state index in [9.17, 15) is 0 Å². The fourth-order valence-corrected chi connectivity index (χ4v) is 5.71. The second-order valence-electron chi connectivity index (χ2n) is 10.4. The molecule has 0 atom stereocenters. The third-order valence-electron chi connectivity index (χ3n) is 7.82. The number of fused-ring (bicyclic) bond motifs is 3. The maximum absolute atomic E-state index is 5.96. The van der Waals surface area contributed by atoms with Gasteiger partial charge in [0.05, 0.1) is 11.0 Å². The average Bonchev–Trinajstić information content (AvgIpc) is 3.69. The van der Waals surface area contributed by atoms with Crippen molar-refractivity contribution in [1.29, 1.82) is 0 Å². The Kier molecular flexibility index (Phi) is 5.75. The van der Waals surface area contributed by atoms with Crippen molar-refractivity contribution < 1.29 is 4.42 Å². The van der Waals surface area contributed by atoms with Crippen LogP contribution in [0.5, 0.6) is 0 Å². The van der Waals surface area contributed by atoms with E-state index in [1.807, 2.05) is 48.5 Å². The molecule has 0 saturated heterocycles. The van der Waals surface area contributed by atoms with E-state index in [-0.39, 0.29) is 0 Å². The molecule has 0 fully saturated rings. The summed E-state index contributed by atoms with van der Waals surface area (Å²) in [5.74, 6) is 1.03. The van der Waals surface area contributed by atoms with Gasteiger partial charge in [-0.1, -0.05) is 97.1 Å². The second-order valence-corrected chi connectivity index (χ2v) is 10.4. The summed E-state index contributed by atoms with van der Waals surface area (Å²) in [6.45, 7) is 0. The van der Waals surface area contributed by atoms with E-state index < -0.39 is 0 Å². The van der Waals surface area contributed by atoms with Crippen LogP contribution >= 0.6 is 0 Å². The predicted molar refractivity (Wildman–Crippen MR) is 170 cm³/mol. The minimum atomic E-state index is 0.511. The highest BCUT2D eigenvalue weighted by Gasteiger charge is 2.14. The molecule has 6 aromatic carbocycles. The average molecular weight is 540 g/mol. The molecule has 0 bridgehead atoms. The molecule has 0 radical (unpaired) electrons. The van der Waals surface area contributed by atoms with E-state index in [0.29, 0.717) is 11.8 Å². The minimum absolute atomic E-state index is 0.511. The molecule has 2 aromatic heterocycles. The van der Waals surface area contributed by atoms with Crippen molar-refractivity contribution in [3.05, 3.63) is 152 Å². The van der Waals surface area contributed by atoms with E-state index in [1.165, 1.54) is 32.9 Å². The molecule has 198 valence electrons. The van der Waals surface area contributed by atoms with Gasteiger partial charge in [0.25, 0.3) is 0 Å². The number of rotatable bonds is 5. The molecule has 0 N–H and O–H groups in total. The van der Waals surface area contributed by atoms with Crippen LogP contribution in [0.3, 0.4) is 0 Å². The molecule has 0 saturated carbocycles. The van der Waals surface area contributed by atoms with Gasteiger partial charge in [-0.2, -0.15) is 0 Å². The highest BCUT2D eigenvalue weighted by atomic mass is 16.4. The van der Waals surface area contributed by atoms with Gasteiger partial charge in [0.15, 0.2) is 0 Å². The first kappa shape index (κ1) is 24.1. The Morgan fingerprint density at radius 3 is 1.57 bits per heavy atom. The monoisotopic (exact) mass is 539 g/mol. The van der Waals surface area contributed by atoms with E-state index in [4.69, 9.17) is 4.42 Å². The lowest BCUT2D eigenvalue weighted by molar-refractivity contribution is 0.584. The Bertz CT molecular complexity index is 2160. The number of nitrogens with zero attached hydrogens (tertiary/aromatic N) is 3. The van der Waals surface area contributed by atoms with Crippen molar-refractivity contribution >= 4 is 21.8 Å². The lowest BCUT2D eigenvalue weighted by Crippen LogP contribution is -1.93. The second kappa shape index (κ2) is 10.0. The summed E-state index contributed by atoms with van der Waals surface area (Å²) in [5, 5.41) is 11.0. The number of hydrogen-bond donors (Lipinski definition) is 0. The van der Waals surface area contributed by atoms with Gasteiger partial charge in [0.1, 0.15) is 0 Å². The zero-order chi connectivity index (χ0) is 27.9. The summed E-state index contributed by atoms with van der Waals surface area (Å²) >= 11 is 0. The van der Waals surface area contributed by atoms with Crippen LogP contribution in [0, 0.1) is 0 Å². The summed E-state index contributed by atoms with van der Waals surface area (Å²) in [4.78, 5) is 0. The fourth-order valence-electron chi connectivity index (χ4n) is 5.71. The lowest BCUT2D eigenvalue weighted by Gasteiger charge is -2.10. The fraction of sp³-hybridized carbons (Fsp3) is 0. The SMILES string of the molecule is c1ccc(-c2ccc(-n3c4ccccc4c4cc(-c5ccc(-c6nnc(-c7ccccc7)o6)cc5)ccc43)cc2)cc1. The number of benzene rings is 6. The van der Waals surface area contributed by atoms with Gasteiger partial charge in [-0.25, -0.2) is 0 Å². The minimum Gasteiger partial charge on any atom is -0.416 e. The molecule has 8 aromatic rings. The third-order valence-corrected chi connectivity index (χ3v) is 7.82. The van der Waals surface area contributed by atoms with Crippen LogP contribution in [-0.2, 0) is 0 Å². The largest absolute Gasteiger partial charge is 0.416 e. The van der Waals surface area contributed by atoms with Crippen LogP contribution in [-0.4, -0.2) is 14.8 Å². The molecule has 42 heavy (non-hydrogen) atoms. The summed E-state index contributed by atoms with van der Waals surface area (Å²) in [7, 11) is 0. The molecule has 2 heterocycles. The van der Waals surface area contributed by atoms with E-state index in [1.54, 1.807) is 0 Å². The number of aromatic nitrogens is 3. The quantitative estimate of drug-likeness (QED) is 0.219. The molecule has 0 amide bonds. The highest BCUT2D eigenvalue weighted by Crippen LogP contribution is 2.36. The van der Waals surface area contributed by atoms with Crippen molar-refractivity contribution in [3.8, 4) is 50.8 Å². The van der Waals surface area contributed by atoms with Gasteiger partial charge < -0.3 is 8.98 Å². The Morgan fingerprint density at radius 1 is 0.381 bits per heavy atom. The Hall–Kier alpha value is -5.74. The van der Waals surface area contributed by atoms with E-state index >= 15 is 0 Å². The number of hydrogen-bond acceptors (Lipinski definition) is 3. The number of para-hydroxylation sites is 1. The van der Waals surface area contributed by atoms with Crippen molar-refractivity contribution in [3.63, 3.8) is 0 Å². The molecule has 0 aliphatic heterocycles. The predicted octanol–water partition coefficient (Wildman–Crippen LogP) is 9.83. The maximum Gasteiger partial charge on any atom is 0.248 e. The molecule has 0 spiro atoms. The summed E-state index contributed by atoms with van der Waals surface area (Å²) in [6, 6.07) is 52.8. The van der Waals surface area contributed by atoms with Crippen LogP contribution < -0.4 is 0 Å². The molecule has 0 aliphatic rings. The smallest absolute Gasteiger partial charge is 0.248 e. The molecular formula is C38H25N3O. The van der Waals surface area contributed by atoms with Crippen LogP contribution in [0.1, 0.15) is 0 Å². The van der Waals surface area contributed by atoms with Crippen LogP contribution in [0.25, 0.3) is 72.7 Å². The first-order chi connectivity index (χ1) is 20.8. The molecule has 8 rings (SSSR count).